The van der Waals surface area contributed by atoms with Crippen molar-refractivity contribution < 1.29 is 9.21 Å². The molecule has 2 aromatic carbocycles. The van der Waals surface area contributed by atoms with Crippen molar-refractivity contribution in [3.05, 3.63) is 91.8 Å². The van der Waals surface area contributed by atoms with Crippen LogP contribution in [0.3, 0.4) is 0 Å². The number of carbonyl (C=O) groups excluding carboxylic acids is 1. The van der Waals surface area contributed by atoms with E-state index in [4.69, 9.17) is 4.42 Å². The molecule has 1 atom stereocenters. The molecule has 0 spiro atoms. The summed E-state index contributed by atoms with van der Waals surface area (Å²) in [7, 11) is 0. The number of aromatic nitrogens is 1. The molecule has 0 saturated carbocycles. The lowest BCUT2D eigenvalue weighted by Crippen LogP contribution is -2.29. The molecule has 4 aromatic rings. The SMILES string of the molecule is Cc1ccc([C@@H]2c3c(oc4ccccc4c3=O)C(=O)N2c2nc(C)c(C)s2)cc1. The number of anilines is 1. The van der Waals surface area contributed by atoms with Crippen molar-refractivity contribution >= 4 is 33.3 Å². The minimum atomic E-state index is -0.566. The van der Waals surface area contributed by atoms with Crippen molar-refractivity contribution in [2.45, 2.75) is 26.8 Å². The molecule has 5 nitrogen and oxygen atoms in total. The van der Waals surface area contributed by atoms with Gasteiger partial charge in [0.1, 0.15) is 5.58 Å². The van der Waals surface area contributed by atoms with Crippen LogP contribution in [0.4, 0.5) is 5.13 Å². The Morgan fingerprint density at radius 1 is 1.00 bits per heavy atom. The van der Waals surface area contributed by atoms with Crippen molar-refractivity contribution in [1.29, 1.82) is 0 Å². The van der Waals surface area contributed by atoms with Crippen LogP contribution in [0.5, 0.6) is 0 Å². The third-order valence-electron chi connectivity index (χ3n) is 5.39. The summed E-state index contributed by atoms with van der Waals surface area (Å²) < 4.78 is 5.95. The van der Waals surface area contributed by atoms with Crippen LogP contribution in [-0.2, 0) is 0 Å². The number of fused-ring (bicyclic) bond motifs is 2. The average Bonchev–Trinajstić information content (AvgIpc) is 3.19. The highest BCUT2D eigenvalue weighted by Gasteiger charge is 2.44. The van der Waals surface area contributed by atoms with Gasteiger partial charge < -0.3 is 4.42 Å². The molecule has 144 valence electrons. The molecule has 5 rings (SSSR count). The van der Waals surface area contributed by atoms with Gasteiger partial charge in [0, 0.05) is 4.88 Å². The Labute approximate surface area is 171 Å². The maximum absolute atomic E-state index is 13.4. The summed E-state index contributed by atoms with van der Waals surface area (Å²) in [6, 6.07) is 14.4. The number of aryl methyl sites for hydroxylation is 3. The van der Waals surface area contributed by atoms with E-state index < -0.39 is 6.04 Å². The van der Waals surface area contributed by atoms with E-state index in [0.29, 0.717) is 21.7 Å². The van der Waals surface area contributed by atoms with E-state index in [1.165, 1.54) is 11.3 Å². The van der Waals surface area contributed by atoms with E-state index in [-0.39, 0.29) is 17.1 Å². The molecule has 0 N–H and O–H groups in total. The van der Waals surface area contributed by atoms with Gasteiger partial charge >= 0.3 is 0 Å². The standard InChI is InChI=1S/C23H18N2O3S/c1-12-8-10-15(11-9-12)19-18-20(26)16-6-4-5-7-17(16)28-21(18)22(27)25(19)23-24-13(2)14(3)29-23/h4-11,19H,1-3H3/t19-/m1/s1. The van der Waals surface area contributed by atoms with Crippen LogP contribution in [0.2, 0.25) is 0 Å². The molecular formula is C23H18N2O3S. The lowest BCUT2D eigenvalue weighted by Gasteiger charge is -2.22. The topological polar surface area (TPSA) is 63.4 Å². The molecule has 6 heteroatoms. The summed E-state index contributed by atoms with van der Waals surface area (Å²) in [5.74, 6) is -0.230. The van der Waals surface area contributed by atoms with Gasteiger partial charge in [0.2, 0.25) is 5.76 Å². The van der Waals surface area contributed by atoms with Gasteiger partial charge in [0.15, 0.2) is 10.6 Å². The molecule has 1 aliphatic heterocycles. The number of nitrogens with zero attached hydrogens (tertiary/aromatic N) is 2. The normalized spacial score (nSPS) is 15.9. The summed E-state index contributed by atoms with van der Waals surface area (Å²) in [6.07, 6.45) is 0. The molecule has 2 aromatic heterocycles. The first-order valence-corrected chi connectivity index (χ1v) is 10.2. The Bertz CT molecular complexity index is 1320. The zero-order chi connectivity index (χ0) is 20.3. The summed E-state index contributed by atoms with van der Waals surface area (Å²) in [6.45, 7) is 5.90. The summed E-state index contributed by atoms with van der Waals surface area (Å²) >= 11 is 1.45. The van der Waals surface area contributed by atoms with Gasteiger partial charge in [-0.05, 0) is 38.5 Å². The number of hydrogen-bond acceptors (Lipinski definition) is 5. The van der Waals surface area contributed by atoms with Crippen LogP contribution < -0.4 is 10.3 Å². The lowest BCUT2D eigenvalue weighted by molar-refractivity contribution is 0.0971. The van der Waals surface area contributed by atoms with Crippen molar-refractivity contribution in [2.75, 3.05) is 4.90 Å². The third kappa shape index (κ3) is 2.63. The summed E-state index contributed by atoms with van der Waals surface area (Å²) in [4.78, 5) is 34.1. The predicted molar refractivity (Wildman–Crippen MR) is 114 cm³/mol. The van der Waals surface area contributed by atoms with E-state index in [9.17, 15) is 9.59 Å². The predicted octanol–water partition coefficient (Wildman–Crippen LogP) is 4.92. The van der Waals surface area contributed by atoms with Crippen molar-refractivity contribution in [1.82, 2.24) is 4.98 Å². The second kappa shape index (κ2) is 6.39. The van der Waals surface area contributed by atoms with Gasteiger partial charge in [-0.3, -0.25) is 14.5 Å². The van der Waals surface area contributed by atoms with E-state index in [2.05, 4.69) is 4.98 Å². The monoisotopic (exact) mass is 402 g/mol. The van der Waals surface area contributed by atoms with Crippen LogP contribution in [-0.4, -0.2) is 10.9 Å². The third-order valence-corrected chi connectivity index (χ3v) is 6.47. The maximum atomic E-state index is 13.4. The Morgan fingerprint density at radius 3 is 2.41 bits per heavy atom. The number of para-hydroxylation sites is 1. The van der Waals surface area contributed by atoms with Crippen molar-refractivity contribution in [3.8, 4) is 0 Å². The summed E-state index contributed by atoms with van der Waals surface area (Å²) in [5.41, 5.74) is 3.46. The molecule has 0 aliphatic carbocycles. The molecule has 0 fully saturated rings. The number of rotatable bonds is 2. The van der Waals surface area contributed by atoms with Crippen LogP contribution >= 0.6 is 11.3 Å². The quantitative estimate of drug-likeness (QED) is 0.477. The molecule has 0 saturated heterocycles. The number of thiazole rings is 1. The number of amides is 1. The highest BCUT2D eigenvalue weighted by Crippen LogP contribution is 2.42. The molecule has 29 heavy (non-hydrogen) atoms. The Morgan fingerprint density at radius 2 is 1.72 bits per heavy atom. The van der Waals surface area contributed by atoms with Crippen LogP contribution in [0.25, 0.3) is 11.0 Å². The van der Waals surface area contributed by atoms with Crippen molar-refractivity contribution in [2.24, 2.45) is 0 Å². The fourth-order valence-electron chi connectivity index (χ4n) is 3.74. The number of benzene rings is 2. The minimum absolute atomic E-state index is 0.102. The van der Waals surface area contributed by atoms with E-state index in [1.54, 1.807) is 29.2 Å². The fraction of sp³-hybridized carbons (Fsp3) is 0.174. The maximum Gasteiger partial charge on any atom is 0.297 e. The molecule has 0 bridgehead atoms. The molecular weight excluding hydrogens is 384 g/mol. The minimum Gasteiger partial charge on any atom is -0.450 e. The fourth-order valence-corrected chi connectivity index (χ4v) is 4.68. The second-order valence-electron chi connectivity index (χ2n) is 7.30. The van der Waals surface area contributed by atoms with E-state index in [1.807, 2.05) is 45.0 Å². The Hall–Kier alpha value is -3.25. The molecule has 1 aliphatic rings. The van der Waals surface area contributed by atoms with Gasteiger partial charge in [0.05, 0.1) is 22.7 Å². The number of hydrogen-bond donors (Lipinski definition) is 0. The zero-order valence-corrected chi connectivity index (χ0v) is 17.0. The van der Waals surface area contributed by atoms with Gasteiger partial charge in [-0.2, -0.15) is 0 Å². The second-order valence-corrected chi connectivity index (χ2v) is 8.48. The van der Waals surface area contributed by atoms with Crippen molar-refractivity contribution in [3.63, 3.8) is 0 Å². The summed E-state index contributed by atoms with van der Waals surface area (Å²) in [5, 5.41) is 1.05. The first-order valence-electron chi connectivity index (χ1n) is 9.35. The van der Waals surface area contributed by atoms with E-state index in [0.717, 1.165) is 21.7 Å². The first-order chi connectivity index (χ1) is 14.0. The Balaban J connectivity index is 1.82. The number of carbonyl (C=O) groups is 1. The van der Waals surface area contributed by atoms with Gasteiger partial charge in [-0.1, -0.05) is 42.0 Å². The first kappa shape index (κ1) is 17.8. The Kier molecular flexibility index (Phi) is 3.93. The van der Waals surface area contributed by atoms with Crippen LogP contribution in [0.1, 0.15) is 43.9 Å². The highest BCUT2D eigenvalue weighted by molar-refractivity contribution is 7.15. The van der Waals surface area contributed by atoms with E-state index >= 15 is 0 Å². The average molecular weight is 402 g/mol. The van der Waals surface area contributed by atoms with Crippen LogP contribution in [0, 0.1) is 20.8 Å². The van der Waals surface area contributed by atoms with Gasteiger partial charge in [0.25, 0.3) is 5.91 Å². The van der Waals surface area contributed by atoms with Gasteiger partial charge in [-0.25, -0.2) is 4.98 Å². The molecule has 3 heterocycles. The zero-order valence-electron chi connectivity index (χ0n) is 16.2. The highest BCUT2D eigenvalue weighted by atomic mass is 32.1. The largest absolute Gasteiger partial charge is 0.450 e. The van der Waals surface area contributed by atoms with Crippen LogP contribution in [0.15, 0.2) is 57.7 Å². The molecule has 0 radical (unpaired) electrons. The van der Waals surface area contributed by atoms with Gasteiger partial charge in [-0.15, -0.1) is 11.3 Å². The lowest BCUT2D eigenvalue weighted by atomic mass is 9.98. The smallest absolute Gasteiger partial charge is 0.297 e. The molecule has 0 unspecified atom stereocenters. The molecule has 1 amide bonds.